The monoisotopic (exact) mass is 238 g/mol. The minimum atomic E-state index is -1.01. The first kappa shape index (κ1) is 14.5. The average Bonchev–Trinajstić information content (AvgIpc) is 2.25. The molecular weight excluding hydrogens is 212 g/mol. The van der Waals surface area contributed by atoms with E-state index in [0.29, 0.717) is 12.3 Å². The molecule has 98 valence electrons. The summed E-state index contributed by atoms with van der Waals surface area (Å²) in [5.74, 6) is 0.618. The Morgan fingerprint density at radius 3 is 2.71 bits per heavy atom. The fourth-order valence-electron chi connectivity index (χ4n) is 2.13. The third-order valence-electron chi connectivity index (χ3n) is 3.76. The molecule has 0 bridgehead atoms. The zero-order valence-corrected chi connectivity index (χ0v) is 11.5. The number of hydrogen-bond acceptors (Lipinski definition) is 2. The van der Waals surface area contributed by atoms with E-state index in [1.165, 1.54) is 24.0 Å². The molecule has 2 atom stereocenters. The first-order chi connectivity index (χ1) is 7.80. The molecule has 1 aliphatic rings. The van der Waals surface area contributed by atoms with Crippen LogP contribution in [0, 0.1) is 5.92 Å². The van der Waals surface area contributed by atoms with Crippen molar-refractivity contribution in [1.82, 2.24) is 0 Å². The summed E-state index contributed by atoms with van der Waals surface area (Å²) < 4.78 is 0. The van der Waals surface area contributed by atoms with E-state index in [1.54, 1.807) is 13.8 Å². The van der Waals surface area contributed by atoms with Gasteiger partial charge in [0.2, 0.25) is 0 Å². The van der Waals surface area contributed by atoms with Crippen LogP contribution in [0.5, 0.6) is 0 Å². The van der Waals surface area contributed by atoms with Crippen molar-refractivity contribution in [3.8, 4) is 0 Å². The largest absolute Gasteiger partial charge is 0.390 e. The molecule has 0 aromatic rings. The van der Waals surface area contributed by atoms with E-state index in [2.05, 4.69) is 26.0 Å². The molecule has 0 saturated carbocycles. The Labute approximate surface area is 105 Å². The fraction of sp³-hybridized carbons (Fsp3) is 0.733. The SMILES string of the molecule is CC1=CCC(/C(C)=C/CC(O)C(C)(C)O)CC1. The molecule has 0 amide bonds. The molecule has 2 N–H and O–H groups in total. The lowest BCUT2D eigenvalue weighted by Crippen LogP contribution is -2.35. The Kier molecular flexibility index (Phi) is 4.96. The summed E-state index contributed by atoms with van der Waals surface area (Å²) in [4.78, 5) is 0. The Balaban J connectivity index is 2.50. The molecule has 0 fully saturated rings. The van der Waals surface area contributed by atoms with Crippen molar-refractivity contribution in [1.29, 1.82) is 0 Å². The summed E-state index contributed by atoms with van der Waals surface area (Å²) in [5, 5.41) is 19.4. The van der Waals surface area contributed by atoms with Gasteiger partial charge in [-0.1, -0.05) is 23.3 Å². The first-order valence-electron chi connectivity index (χ1n) is 6.53. The van der Waals surface area contributed by atoms with Crippen LogP contribution < -0.4 is 0 Å². The van der Waals surface area contributed by atoms with Gasteiger partial charge in [-0.05, 0) is 59.3 Å². The van der Waals surface area contributed by atoms with Gasteiger partial charge in [-0.15, -0.1) is 0 Å². The standard InChI is InChI=1S/C15H26O2/c1-11-5-8-13(9-6-11)12(2)7-10-14(16)15(3,4)17/h5,7,13-14,16-17H,6,8-10H2,1-4H3/b12-7+. The third-order valence-corrected chi connectivity index (χ3v) is 3.76. The second kappa shape index (κ2) is 5.83. The van der Waals surface area contributed by atoms with E-state index in [4.69, 9.17) is 0 Å². The lowest BCUT2D eigenvalue weighted by Gasteiger charge is -2.25. The number of allylic oxidation sites excluding steroid dienone is 3. The molecule has 0 saturated heterocycles. The van der Waals surface area contributed by atoms with Crippen molar-refractivity contribution in [2.75, 3.05) is 0 Å². The van der Waals surface area contributed by atoms with E-state index < -0.39 is 11.7 Å². The van der Waals surface area contributed by atoms with Crippen LogP contribution in [0.2, 0.25) is 0 Å². The van der Waals surface area contributed by atoms with Crippen LogP contribution in [0.15, 0.2) is 23.3 Å². The molecule has 2 unspecified atom stereocenters. The molecule has 0 spiro atoms. The fourth-order valence-corrected chi connectivity index (χ4v) is 2.13. The van der Waals surface area contributed by atoms with Crippen LogP contribution in [0.1, 0.15) is 53.4 Å². The minimum Gasteiger partial charge on any atom is -0.390 e. The van der Waals surface area contributed by atoms with E-state index in [9.17, 15) is 10.2 Å². The lowest BCUT2D eigenvalue weighted by atomic mass is 9.84. The summed E-state index contributed by atoms with van der Waals surface area (Å²) in [6, 6.07) is 0. The highest BCUT2D eigenvalue weighted by Gasteiger charge is 2.23. The molecular formula is C15H26O2. The number of hydrogen-bond donors (Lipinski definition) is 2. The van der Waals surface area contributed by atoms with Gasteiger partial charge in [-0.2, -0.15) is 0 Å². The van der Waals surface area contributed by atoms with Crippen LogP contribution in [0.4, 0.5) is 0 Å². The van der Waals surface area contributed by atoms with Crippen molar-refractivity contribution in [3.63, 3.8) is 0 Å². The van der Waals surface area contributed by atoms with Crippen LogP contribution >= 0.6 is 0 Å². The number of rotatable bonds is 4. The van der Waals surface area contributed by atoms with Gasteiger partial charge in [0, 0.05) is 0 Å². The summed E-state index contributed by atoms with van der Waals surface area (Å²) >= 11 is 0. The highest BCUT2D eigenvalue weighted by molar-refractivity contribution is 5.13. The van der Waals surface area contributed by atoms with Crippen molar-refractivity contribution in [2.24, 2.45) is 5.92 Å². The van der Waals surface area contributed by atoms with Gasteiger partial charge >= 0.3 is 0 Å². The normalized spacial score (nSPS) is 24.5. The van der Waals surface area contributed by atoms with E-state index in [1.807, 2.05) is 0 Å². The Bertz CT molecular complexity index is 307. The number of aliphatic hydroxyl groups excluding tert-OH is 1. The molecule has 17 heavy (non-hydrogen) atoms. The van der Waals surface area contributed by atoms with Gasteiger partial charge in [-0.3, -0.25) is 0 Å². The molecule has 1 aliphatic carbocycles. The topological polar surface area (TPSA) is 40.5 Å². The van der Waals surface area contributed by atoms with Crippen LogP contribution in [0.3, 0.4) is 0 Å². The zero-order chi connectivity index (χ0) is 13.1. The lowest BCUT2D eigenvalue weighted by molar-refractivity contribution is -0.0457. The maximum Gasteiger partial charge on any atom is 0.0856 e. The van der Waals surface area contributed by atoms with Gasteiger partial charge < -0.3 is 10.2 Å². The summed E-state index contributed by atoms with van der Waals surface area (Å²) in [6.45, 7) is 7.62. The number of aliphatic hydroxyl groups is 2. The molecule has 2 heteroatoms. The molecule has 0 aromatic carbocycles. The van der Waals surface area contributed by atoms with Gasteiger partial charge in [0.25, 0.3) is 0 Å². The first-order valence-corrected chi connectivity index (χ1v) is 6.53. The maximum atomic E-state index is 9.77. The predicted octanol–water partition coefficient (Wildman–Crippen LogP) is 3.20. The van der Waals surface area contributed by atoms with Gasteiger partial charge in [0.15, 0.2) is 0 Å². The zero-order valence-electron chi connectivity index (χ0n) is 11.5. The minimum absolute atomic E-state index is 0.536. The van der Waals surface area contributed by atoms with E-state index in [-0.39, 0.29) is 0 Å². The van der Waals surface area contributed by atoms with Crippen molar-refractivity contribution in [2.45, 2.75) is 65.1 Å². The second-order valence-electron chi connectivity index (χ2n) is 5.88. The summed E-state index contributed by atoms with van der Waals surface area (Å²) in [6.07, 6.45) is 7.77. The average molecular weight is 238 g/mol. The Hall–Kier alpha value is -0.600. The van der Waals surface area contributed by atoms with Crippen molar-refractivity contribution in [3.05, 3.63) is 23.3 Å². The van der Waals surface area contributed by atoms with Crippen LogP contribution in [-0.4, -0.2) is 21.9 Å². The van der Waals surface area contributed by atoms with E-state index >= 15 is 0 Å². The Morgan fingerprint density at radius 2 is 2.24 bits per heavy atom. The quantitative estimate of drug-likeness (QED) is 0.738. The maximum absolute atomic E-state index is 9.77. The molecule has 0 aliphatic heterocycles. The van der Waals surface area contributed by atoms with Gasteiger partial charge in [0.1, 0.15) is 0 Å². The predicted molar refractivity (Wildman–Crippen MR) is 71.8 cm³/mol. The van der Waals surface area contributed by atoms with Crippen molar-refractivity contribution >= 4 is 0 Å². The smallest absolute Gasteiger partial charge is 0.0856 e. The Morgan fingerprint density at radius 1 is 1.59 bits per heavy atom. The third kappa shape index (κ3) is 4.64. The second-order valence-corrected chi connectivity index (χ2v) is 5.88. The summed E-state index contributed by atoms with van der Waals surface area (Å²) in [5.41, 5.74) is 1.82. The van der Waals surface area contributed by atoms with Crippen molar-refractivity contribution < 1.29 is 10.2 Å². The van der Waals surface area contributed by atoms with Gasteiger partial charge in [-0.25, -0.2) is 0 Å². The van der Waals surface area contributed by atoms with Crippen LogP contribution in [-0.2, 0) is 0 Å². The summed E-state index contributed by atoms with van der Waals surface area (Å²) in [7, 11) is 0. The molecule has 0 aromatic heterocycles. The van der Waals surface area contributed by atoms with Crippen LogP contribution in [0.25, 0.3) is 0 Å². The molecule has 0 radical (unpaired) electrons. The van der Waals surface area contributed by atoms with Gasteiger partial charge in [0.05, 0.1) is 11.7 Å². The highest BCUT2D eigenvalue weighted by atomic mass is 16.3. The molecule has 0 heterocycles. The highest BCUT2D eigenvalue weighted by Crippen LogP contribution is 2.29. The molecule has 2 nitrogen and oxygen atoms in total. The molecule has 1 rings (SSSR count). The van der Waals surface area contributed by atoms with E-state index in [0.717, 1.165) is 6.42 Å².